The third-order valence-electron chi connectivity index (χ3n) is 2.59. The molecule has 0 spiro atoms. The van der Waals surface area contributed by atoms with Gasteiger partial charge in [0.05, 0.1) is 0 Å². The highest BCUT2D eigenvalue weighted by Gasteiger charge is 2.05. The summed E-state index contributed by atoms with van der Waals surface area (Å²) in [6, 6.07) is 9.87. The van der Waals surface area contributed by atoms with Crippen molar-refractivity contribution in [3.05, 3.63) is 63.4 Å². The Morgan fingerprint density at radius 1 is 1.24 bits per heavy atom. The number of ketones is 1. The van der Waals surface area contributed by atoms with E-state index in [9.17, 15) is 4.79 Å². The van der Waals surface area contributed by atoms with Gasteiger partial charge in [0.2, 0.25) is 0 Å². The van der Waals surface area contributed by atoms with Crippen molar-refractivity contribution < 1.29 is 4.79 Å². The number of rotatable bonds is 3. The molecule has 0 atom stereocenters. The normalized spacial score (nSPS) is 10.9. The lowest BCUT2D eigenvalue weighted by molar-refractivity contribution is 0.104. The molecule has 1 aromatic carbocycles. The van der Waals surface area contributed by atoms with Crippen LogP contribution in [0.1, 0.15) is 26.4 Å². The first-order chi connectivity index (χ1) is 8.16. The fourth-order valence-electron chi connectivity index (χ4n) is 1.72. The maximum absolute atomic E-state index is 12.0. The van der Waals surface area contributed by atoms with Crippen LogP contribution in [0.3, 0.4) is 0 Å². The molecule has 0 radical (unpaired) electrons. The van der Waals surface area contributed by atoms with Crippen molar-refractivity contribution in [1.29, 1.82) is 0 Å². The van der Waals surface area contributed by atoms with Crippen molar-refractivity contribution >= 4 is 23.2 Å². The molecule has 1 heterocycles. The second-order valence-corrected chi connectivity index (χ2v) is 5.01. The second kappa shape index (κ2) is 5.11. The van der Waals surface area contributed by atoms with Gasteiger partial charge in [0.15, 0.2) is 5.78 Å². The fraction of sp³-hybridized carbons (Fsp3) is 0.133. The first-order valence-corrected chi connectivity index (χ1v) is 6.38. The van der Waals surface area contributed by atoms with Gasteiger partial charge >= 0.3 is 0 Å². The Kier molecular flexibility index (Phi) is 3.55. The number of allylic oxidation sites excluding steroid dienone is 1. The van der Waals surface area contributed by atoms with Crippen LogP contribution in [0.5, 0.6) is 0 Å². The summed E-state index contributed by atoms with van der Waals surface area (Å²) in [6.07, 6.45) is 3.51. The van der Waals surface area contributed by atoms with E-state index in [1.165, 1.54) is 5.56 Å². The highest BCUT2D eigenvalue weighted by Crippen LogP contribution is 2.14. The first-order valence-electron chi connectivity index (χ1n) is 5.50. The first kappa shape index (κ1) is 11.8. The minimum atomic E-state index is 0.0656. The molecule has 0 bridgehead atoms. The molecule has 0 saturated carbocycles. The van der Waals surface area contributed by atoms with Crippen molar-refractivity contribution in [2.45, 2.75) is 13.8 Å². The molecule has 0 aliphatic rings. The van der Waals surface area contributed by atoms with Gasteiger partial charge < -0.3 is 0 Å². The third kappa shape index (κ3) is 2.92. The van der Waals surface area contributed by atoms with Crippen LogP contribution in [0.2, 0.25) is 0 Å². The van der Waals surface area contributed by atoms with Gasteiger partial charge in [0.1, 0.15) is 0 Å². The SMILES string of the molecule is Cc1ccc(C(=O)/C=C/c2cccs2)c(C)c1. The predicted molar refractivity (Wildman–Crippen MR) is 73.6 cm³/mol. The number of benzene rings is 1. The van der Waals surface area contributed by atoms with Crippen LogP contribution in [0.25, 0.3) is 6.08 Å². The molecule has 17 heavy (non-hydrogen) atoms. The van der Waals surface area contributed by atoms with E-state index in [4.69, 9.17) is 0 Å². The lowest BCUT2D eigenvalue weighted by atomic mass is 10.0. The molecule has 2 heteroatoms. The smallest absolute Gasteiger partial charge is 0.186 e. The molecule has 1 aromatic heterocycles. The molecule has 2 aromatic rings. The quantitative estimate of drug-likeness (QED) is 0.580. The van der Waals surface area contributed by atoms with Crippen LogP contribution >= 0.6 is 11.3 Å². The summed E-state index contributed by atoms with van der Waals surface area (Å²) in [6.45, 7) is 4.00. The maximum atomic E-state index is 12.0. The van der Waals surface area contributed by atoms with Crippen molar-refractivity contribution in [2.24, 2.45) is 0 Å². The summed E-state index contributed by atoms with van der Waals surface area (Å²) >= 11 is 1.63. The van der Waals surface area contributed by atoms with Crippen molar-refractivity contribution in [3.63, 3.8) is 0 Å². The van der Waals surface area contributed by atoms with Crippen LogP contribution < -0.4 is 0 Å². The Morgan fingerprint density at radius 3 is 2.71 bits per heavy atom. The van der Waals surface area contributed by atoms with Gasteiger partial charge in [0.25, 0.3) is 0 Å². The minimum absolute atomic E-state index is 0.0656. The van der Waals surface area contributed by atoms with Gasteiger partial charge in [-0.05, 0) is 43.0 Å². The molecule has 0 unspecified atom stereocenters. The summed E-state index contributed by atoms with van der Waals surface area (Å²) in [5, 5.41) is 2.00. The molecule has 0 N–H and O–H groups in total. The molecule has 0 saturated heterocycles. The van der Waals surface area contributed by atoms with Crippen molar-refractivity contribution in [1.82, 2.24) is 0 Å². The molecule has 0 amide bonds. The Balaban J connectivity index is 2.20. The molecule has 2 rings (SSSR count). The van der Waals surface area contributed by atoms with Gasteiger partial charge in [0, 0.05) is 10.4 Å². The summed E-state index contributed by atoms with van der Waals surface area (Å²) < 4.78 is 0. The number of hydrogen-bond donors (Lipinski definition) is 0. The van der Waals surface area contributed by atoms with E-state index in [1.54, 1.807) is 17.4 Å². The van der Waals surface area contributed by atoms with Crippen LogP contribution in [0, 0.1) is 13.8 Å². The zero-order valence-electron chi connectivity index (χ0n) is 9.94. The molecule has 0 aliphatic heterocycles. The molecule has 1 nitrogen and oxygen atoms in total. The van der Waals surface area contributed by atoms with E-state index in [0.717, 1.165) is 16.0 Å². The molecule has 0 aliphatic carbocycles. The average Bonchev–Trinajstić information content (AvgIpc) is 2.78. The van der Waals surface area contributed by atoms with Gasteiger partial charge in [-0.2, -0.15) is 0 Å². The predicted octanol–water partition coefficient (Wildman–Crippen LogP) is 4.26. The number of thiophene rings is 1. The number of carbonyl (C=O) groups is 1. The monoisotopic (exact) mass is 242 g/mol. The molecule has 86 valence electrons. The summed E-state index contributed by atoms with van der Waals surface area (Å²) in [4.78, 5) is 13.1. The zero-order chi connectivity index (χ0) is 12.3. The molecular formula is C15H14OS. The van der Waals surface area contributed by atoms with Gasteiger partial charge in [-0.3, -0.25) is 4.79 Å². The van der Waals surface area contributed by atoms with E-state index < -0.39 is 0 Å². The zero-order valence-corrected chi connectivity index (χ0v) is 10.8. The molecular weight excluding hydrogens is 228 g/mol. The highest BCUT2D eigenvalue weighted by molar-refractivity contribution is 7.10. The topological polar surface area (TPSA) is 17.1 Å². The Labute approximate surface area is 105 Å². The minimum Gasteiger partial charge on any atom is -0.289 e. The third-order valence-corrected chi connectivity index (χ3v) is 3.43. The Hall–Kier alpha value is -1.67. The Morgan fingerprint density at radius 2 is 2.06 bits per heavy atom. The number of aryl methyl sites for hydroxylation is 2. The van der Waals surface area contributed by atoms with Crippen LogP contribution in [-0.2, 0) is 0 Å². The summed E-state index contributed by atoms with van der Waals surface area (Å²) in [7, 11) is 0. The van der Waals surface area contributed by atoms with Gasteiger partial charge in [-0.15, -0.1) is 11.3 Å². The van der Waals surface area contributed by atoms with Crippen LogP contribution in [-0.4, -0.2) is 5.78 Å². The van der Waals surface area contributed by atoms with Crippen molar-refractivity contribution in [3.8, 4) is 0 Å². The number of hydrogen-bond acceptors (Lipinski definition) is 2. The maximum Gasteiger partial charge on any atom is 0.186 e. The Bertz CT molecular complexity index is 550. The molecule has 0 fully saturated rings. The fourth-order valence-corrected chi connectivity index (χ4v) is 2.34. The van der Waals surface area contributed by atoms with Crippen LogP contribution in [0.15, 0.2) is 41.8 Å². The highest BCUT2D eigenvalue weighted by atomic mass is 32.1. The summed E-state index contributed by atoms with van der Waals surface area (Å²) in [5.41, 5.74) is 3.00. The van der Waals surface area contributed by atoms with Gasteiger partial charge in [-0.1, -0.05) is 29.8 Å². The van der Waals surface area contributed by atoms with Crippen LogP contribution in [0.4, 0.5) is 0 Å². The van der Waals surface area contributed by atoms with E-state index in [1.807, 2.05) is 55.6 Å². The summed E-state index contributed by atoms with van der Waals surface area (Å²) in [5.74, 6) is 0.0656. The van der Waals surface area contributed by atoms with E-state index in [0.29, 0.717) is 0 Å². The van der Waals surface area contributed by atoms with E-state index in [2.05, 4.69) is 0 Å². The lowest BCUT2D eigenvalue weighted by Crippen LogP contribution is -1.97. The van der Waals surface area contributed by atoms with E-state index >= 15 is 0 Å². The lowest BCUT2D eigenvalue weighted by Gasteiger charge is -2.02. The number of carbonyl (C=O) groups excluding carboxylic acids is 1. The van der Waals surface area contributed by atoms with Gasteiger partial charge in [-0.25, -0.2) is 0 Å². The largest absolute Gasteiger partial charge is 0.289 e. The van der Waals surface area contributed by atoms with Crippen molar-refractivity contribution in [2.75, 3.05) is 0 Å². The average molecular weight is 242 g/mol. The standard InChI is InChI=1S/C15H14OS/c1-11-5-7-14(12(2)10-11)15(16)8-6-13-4-3-9-17-13/h3-10H,1-2H3/b8-6+. The van der Waals surface area contributed by atoms with E-state index in [-0.39, 0.29) is 5.78 Å². The second-order valence-electron chi connectivity index (χ2n) is 4.03.